The molecular weight excluding hydrogens is 240 g/mol. The summed E-state index contributed by atoms with van der Waals surface area (Å²) in [6, 6.07) is 10.9. The number of aryl methyl sites for hydroxylation is 2. The van der Waals surface area contributed by atoms with Crippen LogP contribution in [0.1, 0.15) is 16.0 Å². The van der Waals surface area contributed by atoms with Crippen LogP contribution in [0.5, 0.6) is 0 Å². The van der Waals surface area contributed by atoms with E-state index in [4.69, 9.17) is 5.73 Å². The van der Waals surface area contributed by atoms with Crippen molar-refractivity contribution in [2.24, 2.45) is 5.73 Å². The van der Waals surface area contributed by atoms with Crippen LogP contribution in [0.15, 0.2) is 35.7 Å². The summed E-state index contributed by atoms with van der Waals surface area (Å²) in [5, 5.41) is 2.12. The van der Waals surface area contributed by atoms with Gasteiger partial charge >= 0.3 is 0 Å². The predicted molar refractivity (Wildman–Crippen MR) is 80.3 cm³/mol. The third-order valence-electron chi connectivity index (χ3n) is 3.02. The minimum atomic E-state index is 0.679. The first-order chi connectivity index (χ1) is 8.70. The van der Waals surface area contributed by atoms with Crippen molar-refractivity contribution in [2.45, 2.75) is 20.4 Å². The molecule has 2 N–H and O–H groups in total. The monoisotopic (exact) mass is 260 g/mol. The first kappa shape index (κ1) is 13.1. The van der Waals surface area contributed by atoms with E-state index < -0.39 is 0 Å². The summed E-state index contributed by atoms with van der Waals surface area (Å²) in [5.41, 5.74) is 9.65. The second-order valence-corrected chi connectivity index (χ2v) is 5.61. The van der Waals surface area contributed by atoms with E-state index in [1.165, 1.54) is 21.7 Å². The van der Waals surface area contributed by atoms with Gasteiger partial charge in [-0.1, -0.05) is 23.8 Å². The maximum Gasteiger partial charge on any atom is 0.0523 e. The van der Waals surface area contributed by atoms with Gasteiger partial charge in [-0.15, -0.1) is 11.3 Å². The van der Waals surface area contributed by atoms with Gasteiger partial charge in [0.2, 0.25) is 0 Å². The van der Waals surface area contributed by atoms with Crippen LogP contribution in [-0.2, 0) is 6.54 Å². The Morgan fingerprint density at radius 2 is 2.06 bits per heavy atom. The van der Waals surface area contributed by atoms with E-state index in [1.807, 2.05) is 0 Å². The second-order valence-electron chi connectivity index (χ2n) is 4.58. The van der Waals surface area contributed by atoms with Crippen molar-refractivity contribution in [3.8, 4) is 0 Å². The molecule has 0 saturated carbocycles. The standard InChI is InChI=1S/C15H20N2S/c1-12-5-6-15(13(2)10-12)17(8-7-16)11-14-4-3-9-18-14/h3-6,9-10H,7-8,11,16H2,1-2H3. The van der Waals surface area contributed by atoms with Crippen LogP contribution >= 0.6 is 11.3 Å². The second kappa shape index (κ2) is 6.03. The number of anilines is 1. The van der Waals surface area contributed by atoms with Crippen molar-refractivity contribution in [1.29, 1.82) is 0 Å². The van der Waals surface area contributed by atoms with Crippen LogP contribution in [0.2, 0.25) is 0 Å². The number of nitrogens with zero attached hydrogens (tertiary/aromatic N) is 1. The van der Waals surface area contributed by atoms with Crippen LogP contribution in [0.3, 0.4) is 0 Å². The topological polar surface area (TPSA) is 29.3 Å². The summed E-state index contributed by atoms with van der Waals surface area (Å²) < 4.78 is 0. The molecule has 1 heterocycles. The van der Waals surface area contributed by atoms with Crippen LogP contribution in [0.25, 0.3) is 0 Å². The number of thiophene rings is 1. The summed E-state index contributed by atoms with van der Waals surface area (Å²) in [6.45, 7) is 6.81. The van der Waals surface area contributed by atoms with Gasteiger partial charge in [-0.3, -0.25) is 0 Å². The molecule has 0 fully saturated rings. The van der Waals surface area contributed by atoms with E-state index in [0.717, 1.165) is 13.1 Å². The van der Waals surface area contributed by atoms with Crippen molar-refractivity contribution >= 4 is 17.0 Å². The number of nitrogens with two attached hydrogens (primary N) is 1. The van der Waals surface area contributed by atoms with Gasteiger partial charge in [-0.25, -0.2) is 0 Å². The van der Waals surface area contributed by atoms with Gasteiger partial charge in [-0.2, -0.15) is 0 Å². The quantitative estimate of drug-likeness (QED) is 0.893. The minimum Gasteiger partial charge on any atom is -0.365 e. The molecule has 0 saturated heterocycles. The summed E-state index contributed by atoms with van der Waals surface area (Å²) in [4.78, 5) is 3.74. The molecule has 0 amide bonds. The van der Waals surface area contributed by atoms with E-state index in [-0.39, 0.29) is 0 Å². The highest BCUT2D eigenvalue weighted by molar-refractivity contribution is 7.09. The fraction of sp³-hybridized carbons (Fsp3) is 0.333. The molecule has 1 aromatic heterocycles. The molecule has 0 atom stereocenters. The van der Waals surface area contributed by atoms with Gasteiger partial charge < -0.3 is 10.6 Å². The first-order valence-corrected chi connectivity index (χ1v) is 7.13. The highest BCUT2D eigenvalue weighted by atomic mass is 32.1. The fourth-order valence-electron chi connectivity index (χ4n) is 2.19. The summed E-state index contributed by atoms with van der Waals surface area (Å²) >= 11 is 1.80. The molecule has 0 radical (unpaired) electrons. The van der Waals surface area contributed by atoms with Crippen LogP contribution in [0.4, 0.5) is 5.69 Å². The Labute approximate surface area is 113 Å². The third kappa shape index (κ3) is 3.12. The fourth-order valence-corrected chi connectivity index (χ4v) is 2.91. The zero-order valence-electron chi connectivity index (χ0n) is 11.0. The van der Waals surface area contributed by atoms with Crippen molar-refractivity contribution in [3.05, 3.63) is 51.7 Å². The van der Waals surface area contributed by atoms with Gasteiger partial charge in [0, 0.05) is 23.7 Å². The van der Waals surface area contributed by atoms with Crippen molar-refractivity contribution in [3.63, 3.8) is 0 Å². The Morgan fingerprint density at radius 1 is 1.22 bits per heavy atom. The Morgan fingerprint density at radius 3 is 2.67 bits per heavy atom. The largest absolute Gasteiger partial charge is 0.365 e. The molecule has 0 spiro atoms. The third-order valence-corrected chi connectivity index (χ3v) is 3.88. The molecule has 0 unspecified atom stereocenters. The SMILES string of the molecule is Cc1ccc(N(CCN)Cc2cccs2)c(C)c1. The normalized spacial score (nSPS) is 10.6. The molecule has 0 aliphatic carbocycles. The zero-order valence-corrected chi connectivity index (χ0v) is 11.8. The predicted octanol–water partition coefficient (Wildman–Crippen LogP) is 3.33. The van der Waals surface area contributed by atoms with E-state index in [0.29, 0.717) is 6.54 Å². The Kier molecular flexibility index (Phi) is 4.39. The van der Waals surface area contributed by atoms with Gasteiger partial charge in [0.05, 0.1) is 6.54 Å². The minimum absolute atomic E-state index is 0.679. The van der Waals surface area contributed by atoms with E-state index in [9.17, 15) is 0 Å². The van der Waals surface area contributed by atoms with Gasteiger partial charge in [0.1, 0.15) is 0 Å². The average Bonchev–Trinajstić information content (AvgIpc) is 2.81. The van der Waals surface area contributed by atoms with Crippen molar-refractivity contribution < 1.29 is 0 Å². The van der Waals surface area contributed by atoms with Gasteiger partial charge in [0.25, 0.3) is 0 Å². The molecule has 3 heteroatoms. The lowest BCUT2D eigenvalue weighted by molar-refractivity contribution is 0.794. The lowest BCUT2D eigenvalue weighted by Gasteiger charge is -2.25. The van der Waals surface area contributed by atoms with E-state index in [1.54, 1.807) is 11.3 Å². The van der Waals surface area contributed by atoms with Gasteiger partial charge in [0.15, 0.2) is 0 Å². The molecule has 0 aliphatic heterocycles. The average molecular weight is 260 g/mol. The number of benzene rings is 1. The molecule has 2 nitrogen and oxygen atoms in total. The Hall–Kier alpha value is -1.32. The summed E-state index contributed by atoms with van der Waals surface area (Å²) in [6.07, 6.45) is 0. The van der Waals surface area contributed by atoms with Gasteiger partial charge in [-0.05, 0) is 36.9 Å². The molecule has 2 aromatic rings. The van der Waals surface area contributed by atoms with E-state index >= 15 is 0 Å². The lowest BCUT2D eigenvalue weighted by atomic mass is 10.1. The first-order valence-electron chi connectivity index (χ1n) is 6.25. The summed E-state index contributed by atoms with van der Waals surface area (Å²) in [5.74, 6) is 0. The molecule has 2 rings (SSSR count). The van der Waals surface area contributed by atoms with E-state index in [2.05, 4.69) is 54.5 Å². The number of hydrogen-bond acceptors (Lipinski definition) is 3. The van der Waals surface area contributed by atoms with Crippen LogP contribution in [0, 0.1) is 13.8 Å². The van der Waals surface area contributed by atoms with Crippen LogP contribution < -0.4 is 10.6 Å². The molecule has 1 aromatic carbocycles. The van der Waals surface area contributed by atoms with Crippen LogP contribution in [-0.4, -0.2) is 13.1 Å². The Balaban J connectivity index is 2.23. The molecule has 0 bridgehead atoms. The smallest absolute Gasteiger partial charge is 0.0523 e. The van der Waals surface area contributed by atoms with Crippen molar-refractivity contribution in [1.82, 2.24) is 0 Å². The molecule has 96 valence electrons. The maximum absolute atomic E-state index is 5.74. The highest BCUT2D eigenvalue weighted by Crippen LogP contribution is 2.24. The molecular formula is C15H20N2S. The maximum atomic E-state index is 5.74. The number of rotatable bonds is 5. The molecule has 0 aliphatic rings. The zero-order chi connectivity index (χ0) is 13.0. The molecule has 18 heavy (non-hydrogen) atoms. The Bertz CT molecular complexity index is 491. The van der Waals surface area contributed by atoms with Crippen molar-refractivity contribution in [2.75, 3.05) is 18.0 Å². The summed E-state index contributed by atoms with van der Waals surface area (Å²) in [7, 11) is 0. The lowest BCUT2D eigenvalue weighted by Crippen LogP contribution is -2.29. The number of hydrogen-bond donors (Lipinski definition) is 1. The highest BCUT2D eigenvalue weighted by Gasteiger charge is 2.09.